The smallest absolute Gasteiger partial charge is 0.315 e. The minimum absolute atomic E-state index is 0.0665. The zero-order valence-electron chi connectivity index (χ0n) is 9.27. The highest BCUT2D eigenvalue weighted by molar-refractivity contribution is 6.42. The van der Waals surface area contributed by atoms with Crippen LogP contribution in [0.25, 0.3) is 0 Å². The number of hydrogen-bond acceptors (Lipinski definition) is 2. The number of carbonyl (C=O) groups excluding carboxylic acids is 1. The SMILES string of the molecule is CC1(C)/C=C/[C@H]2CC3[B]C2C(C3)OC1=O. The van der Waals surface area contributed by atoms with Gasteiger partial charge >= 0.3 is 5.97 Å². The Balaban J connectivity index is 1.95. The van der Waals surface area contributed by atoms with E-state index >= 15 is 0 Å². The number of esters is 1. The molecule has 3 heterocycles. The van der Waals surface area contributed by atoms with Crippen LogP contribution >= 0.6 is 0 Å². The van der Waals surface area contributed by atoms with E-state index in [2.05, 4.69) is 13.4 Å². The first kappa shape index (κ1) is 9.50. The maximum absolute atomic E-state index is 11.9. The van der Waals surface area contributed by atoms with Crippen molar-refractivity contribution in [3.05, 3.63) is 12.2 Å². The molecular weight excluding hydrogens is 187 g/mol. The van der Waals surface area contributed by atoms with Gasteiger partial charge in [-0.3, -0.25) is 4.79 Å². The Labute approximate surface area is 91.3 Å². The minimum Gasteiger partial charge on any atom is -0.462 e. The Morgan fingerprint density at radius 3 is 3.00 bits per heavy atom. The van der Waals surface area contributed by atoms with Crippen LogP contribution < -0.4 is 0 Å². The molecule has 79 valence electrons. The molecule has 3 rings (SSSR count). The zero-order valence-corrected chi connectivity index (χ0v) is 9.27. The van der Waals surface area contributed by atoms with Crippen LogP contribution in [0, 0.1) is 11.3 Å². The Hall–Kier alpha value is -0.725. The van der Waals surface area contributed by atoms with Crippen molar-refractivity contribution < 1.29 is 9.53 Å². The highest BCUT2D eigenvalue weighted by Gasteiger charge is 2.49. The van der Waals surface area contributed by atoms with Crippen LogP contribution in [-0.2, 0) is 9.53 Å². The number of carbonyl (C=O) groups is 1. The lowest BCUT2D eigenvalue weighted by Gasteiger charge is -2.33. The lowest BCUT2D eigenvalue weighted by Crippen LogP contribution is -2.34. The molecule has 0 aromatic carbocycles. The van der Waals surface area contributed by atoms with Gasteiger partial charge < -0.3 is 4.74 Å². The van der Waals surface area contributed by atoms with Crippen molar-refractivity contribution in [3.8, 4) is 0 Å². The summed E-state index contributed by atoms with van der Waals surface area (Å²) in [6.07, 6.45) is 6.74. The summed E-state index contributed by atoms with van der Waals surface area (Å²) < 4.78 is 5.61. The summed E-state index contributed by atoms with van der Waals surface area (Å²) in [7, 11) is 2.39. The molecule has 0 N–H and O–H groups in total. The van der Waals surface area contributed by atoms with Crippen molar-refractivity contribution in [2.45, 2.75) is 44.4 Å². The highest BCUT2D eigenvalue weighted by Crippen LogP contribution is 2.53. The quantitative estimate of drug-likeness (QED) is 0.342. The van der Waals surface area contributed by atoms with Gasteiger partial charge in [-0.2, -0.15) is 0 Å². The Kier molecular flexibility index (Phi) is 1.83. The average Bonchev–Trinajstić information content (AvgIpc) is 2.72. The third kappa shape index (κ3) is 1.36. The first-order valence-corrected chi connectivity index (χ1v) is 5.82. The third-order valence-corrected chi connectivity index (χ3v) is 4.07. The van der Waals surface area contributed by atoms with Gasteiger partial charge in [0.25, 0.3) is 0 Å². The highest BCUT2D eigenvalue weighted by atomic mass is 16.5. The number of allylic oxidation sites excluding steroid dienone is 1. The molecule has 0 spiro atoms. The zero-order chi connectivity index (χ0) is 10.6. The van der Waals surface area contributed by atoms with Crippen LogP contribution in [-0.4, -0.2) is 19.4 Å². The molecule has 3 aliphatic rings. The molecule has 0 aromatic heterocycles. The van der Waals surface area contributed by atoms with Gasteiger partial charge in [0.1, 0.15) is 7.28 Å². The first-order chi connectivity index (χ1) is 7.06. The molecule has 3 unspecified atom stereocenters. The average molecular weight is 203 g/mol. The number of rotatable bonds is 0. The molecule has 2 fully saturated rings. The maximum Gasteiger partial charge on any atom is 0.315 e. The van der Waals surface area contributed by atoms with E-state index in [-0.39, 0.29) is 12.1 Å². The molecule has 0 aliphatic carbocycles. The number of hydrogen-bond donors (Lipinski definition) is 0. The van der Waals surface area contributed by atoms with E-state index in [0.717, 1.165) is 6.42 Å². The van der Waals surface area contributed by atoms with Crippen LogP contribution in [0.4, 0.5) is 0 Å². The summed E-state index contributed by atoms with van der Waals surface area (Å²) in [6.45, 7) is 3.86. The van der Waals surface area contributed by atoms with E-state index in [0.29, 0.717) is 17.6 Å². The predicted molar refractivity (Wildman–Crippen MR) is 58.8 cm³/mol. The molecule has 4 atom stereocenters. The fourth-order valence-corrected chi connectivity index (χ4v) is 3.13. The molecule has 2 saturated heterocycles. The molecule has 2 bridgehead atoms. The van der Waals surface area contributed by atoms with E-state index < -0.39 is 5.41 Å². The Morgan fingerprint density at radius 2 is 2.27 bits per heavy atom. The van der Waals surface area contributed by atoms with E-state index in [9.17, 15) is 4.79 Å². The monoisotopic (exact) mass is 203 g/mol. The summed E-state index contributed by atoms with van der Waals surface area (Å²) in [4.78, 5) is 11.9. The van der Waals surface area contributed by atoms with Crippen LogP contribution in [0.15, 0.2) is 12.2 Å². The number of ether oxygens (including phenoxy) is 1. The summed E-state index contributed by atoms with van der Waals surface area (Å²) in [5.74, 6) is 1.72. The van der Waals surface area contributed by atoms with Crippen molar-refractivity contribution in [3.63, 3.8) is 0 Å². The summed E-state index contributed by atoms with van der Waals surface area (Å²) in [5, 5.41) is 0. The molecule has 2 nitrogen and oxygen atoms in total. The summed E-state index contributed by atoms with van der Waals surface area (Å²) >= 11 is 0. The molecule has 0 amide bonds. The normalized spacial score (nSPS) is 47.7. The lowest BCUT2D eigenvalue weighted by molar-refractivity contribution is -0.158. The Bertz CT molecular complexity index is 335. The van der Waals surface area contributed by atoms with Gasteiger partial charge in [0.15, 0.2) is 0 Å². The van der Waals surface area contributed by atoms with Gasteiger partial charge in [-0.25, -0.2) is 0 Å². The van der Waals surface area contributed by atoms with Crippen molar-refractivity contribution in [1.82, 2.24) is 0 Å². The topological polar surface area (TPSA) is 26.3 Å². The first-order valence-electron chi connectivity index (χ1n) is 5.82. The van der Waals surface area contributed by atoms with Crippen LogP contribution in [0.2, 0.25) is 11.6 Å². The second-order valence-corrected chi connectivity index (χ2v) is 5.69. The molecule has 3 aliphatic heterocycles. The van der Waals surface area contributed by atoms with E-state index in [4.69, 9.17) is 4.74 Å². The van der Waals surface area contributed by atoms with Gasteiger partial charge in [-0.05, 0) is 32.0 Å². The van der Waals surface area contributed by atoms with E-state index in [1.807, 2.05) is 19.9 Å². The van der Waals surface area contributed by atoms with Gasteiger partial charge in [0.2, 0.25) is 0 Å². The third-order valence-electron chi connectivity index (χ3n) is 4.07. The van der Waals surface area contributed by atoms with Crippen molar-refractivity contribution >= 4 is 13.2 Å². The Morgan fingerprint density at radius 1 is 1.47 bits per heavy atom. The lowest BCUT2D eigenvalue weighted by atomic mass is 9.65. The minimum atomic E-state index is -0.446. The maximum atomic E-state index is 11.9. The molecule has 15 heavy (non-hydrogen) atoms. The van der Waals surface area contributed by atoms with Crippen LogP contribution in [0.3, 0.4) is 0 Å². The summed E-state index contributed by atoms with van der Waals surface area (Å²) in [5.41, 5.74) is -0.446. The fourth-order valence-electron chi connectivity index (χ4n) is 3.13. The number of fused-ring (bicyclic) bond motifs is 1. The van der Waals surface area contributed by atoms with Gasteiger partial charge in [-0.15, -0.1) is 0 Å². The van der Waals surface area contributed by atoms with Crippen molar-refractivity contribution in [2.24, 2.45) is 11.3 Å². The molecular formula is C12H16BO2. The second kappa shape index (κ2) is 2.90. The van der Waals surface area contributed by atoms with Crippen molar-refractivity contribution in [2.75, 3.05) is 0 Å². The van der Waals surface area contributed by atoms with E-state index in [1.54, 1.807) is 0 Å². The fraction of sp³-hybridized carbons (Fsp3) is 0.750. The van der Waals surface area contributed by atoms with E-state index in [1.165, 1.54) is 6.42 Å². The predicted octanol–water partition coefficient (Wildman–Crippen LogP) is 2.20. The molecule has 0 aromatic rings. The van der Waals surface area contributed by atoms with Crippen LogP contribution in [0.1, 0.15) is 26.7 Å². The van der Waals surface area contributed by atoms with Crippen molar-refractivity contribution in [1.29, 1.82) is 0 Å². The molecule has 0 saturated carbocycles. The van der Waals surface area contributed by atoms with Gasteiger partial charge in [0, 0.05) is 0 Å². The second-order valence-electron chi connectivity index (χ2n) is 5.69. The van der Waals surface area contributed by atoms with Gasteiger partial charge in [-0.1, -0.05) is 24.4 Å². The van der Waals surface area contributed by atoms with Crippen LogP contribution in [0.5, 0.6) is 0 Å². The molecule has 3 heteroatoms. The summed E-state index contributed by atoms with van der Waals surface area (Å²) in [6, 6.07) is 0. The largest absolute Gasteiger partial charge is 0.462 e. The standard InChI is InChI=1S/C12H16BO2/c1-12(2)4-3-7-5-8-6-9(10(7)13-8)15-11(12)14/h3-4,7-10H,5-6H2,1-2H3/b4-3+/t7-,8?,9?,10?/m0/s1. The molecule has 1 radical (unpaired) electrons. The van der Waals surface area contributed by atoms with Gasteiger partial charge in [0.05, 0.1) is 11.5 Å².